The fourth-order valence-corrected chi connectivity index (χ4v) is 2.90. The zero-order chi connectivity index (χ0) is 12.5. The van der Waals surface area contributed by atoms with E-state index in [4.69, 9.17) is 0 Å². The Bertz CT molecular complexity index is 556. The van der Waals surface area contributed by atoms with Crippen molar-refractivity contribution in [2.75, 3.05) is 11.9 Å². The molecular weight excluding hydrogens is 296 g/mol. The van der Waals surface area contributed by atoms with E-state index >= 15 is 0 Å². The van der Waals surface area contributed by atoms with Gasteiger partial charge in [-0.05, 0) is 28.8 Å². The van der Waals surface area contributed by atoms with E-state index in [0.717, 1.165) is 41.9 Å². The Morgan fingerprint density at radius 2 is 2.39 bits per heavy atom. The molecule has 2 aromatic rings. The Morgan fingerprint density at radius 1 is 1.50 bits per heavy atom. The fourth-order valence-electron chi connectivity index (χ4n) is 2.50. The first-order valence-electron chi connectivity index (χ1n) is 6.15. The van der Waals surface area contributed by atoms with Gasteiger partial charge in [0.1, 0.15) is 4.60 Å². The summed E-state index contributed by atoms with van der Waals surface area (Å²) < 4.78 is 2.69. The van der Waals surface area contributed by atoms with Gasteiger partial charge in [-0.15, -0.1) is 0 Å². The summed E-state index contributed by atoms with van der Waals surface area (Å²) in [5, 5.41) is 13.1. The van der Waals surface area contributed by atoms with Crippen LogP contribution < -0.4 is 5.32 Å². The molecule has 0 spiro atoms. The lowest BCUT2D eigenvalue weighted by Crippen LogP contribution is -2.22. The van der Waals surface area contributed by atoms with Gasteiger partial charge in [0.05, 0.1) is 6.10 Å². The molecule has 0 aromatic carbocycles. The van der Waals surface area contributed by atoms with E-state index in [1.165, 1.54) is 0 Å². The van der Waals surface area contributed by atoms with E-state index in [1.807, 2.05) is 16.8 Å². The average molecular weight is 311 g/mol. The van der Waals surface area contributed by atoms with E-state index in [1.54, 1.807) is 6.20 Å². The number of anilines is 1. The first kappa shape index (κ1) is 11.9. The lowest BCUT2D eigenvalue weighted by Gasteiger charge is -2.15. The maximum Gasteiger partial charge on any atom is 0.180 e. The van der Waals surface area contributed by atoms with Crippen molar-refractivity contribution < 1.29 is 5.11 Å². The number of fused-ring (bicyclic) bond motifs is 1. The second-order valence-corrected chi connectivity index (χ2v) is 5.52. The summed E-state index contributed by atoms with van der Waals surface area (Å²) in [6.45, 7) is 0.743. The molecule has 96 valence electrons. The standard InChI is InChI=1S/C12H15BrN4O/c13-10-7-17-5-4-14-12(17)11(16-10)15-6-8-2-1-3-9(8)18/h4-5,7-9,18H,1-3,6H2,(H,15,16). The minimum absolute atomic E-state index is 0.180. The van der Waals surface area contributed by atoms with Gasteiger partial charge in [0.2, 0.25) is 0 Å². The Labute approximate surface area is 113 Å². The van der Waals surface area contributed by atoms with Crippen molar-refractivity contribution in [2.45, 2.75) is 25.4 Å². The number of imidazole rings is 1. The Morgan fingerprint density at radius 3 is 3.17 bits per heavy atom. The van der Waals surface area contributed by atoms with Gasteiger partial charge in [0.25, 0.3) is 0 Å². The molecule has 1 fully saturated rings. The molecule has 0 bridgehead atoms. The molecule has 6 heteroatoms. The summed E-state index contributed by atoms with van der Waals surface area (Å²) in [4.78, 5) is 8.68. The molecule has 1 aliphatic carbocycles. The molecular formula is C12H15BrN4O. The van der Waals surface area contributed by atoms with Crippen LogP contribution in [0.25, 0.3) is 5.65 Å². The Hall–Kier alpha value is -1.14. The summed E-state index contributed by atoms with van der Waals surface area (Å²) in [7, 11) is 0. The quantitative estimate of drug-likeness (QED) is 0.911. The fraction of sp³-hybridized carbons (Fsp3) is 0.500. The minimum atomic E-state index is -0.180. The molecule has 0 aliphatic heterocycles. The number of aromatic nitrogens is 3. The number of aliphatic hydroxyl groups excluding tert-OH is 1. The van der Waals surface area contributed by atoms with Crippen molar-refractivity contribution in [3.63, 3.8) is 0 Å². The normalized spacial score (nSPS) is 23.7. The third kappa shape index (κ3) is 2.22. The third-order valence-corrected chi connectivity index (χ3v) is 3.88. The van der Waals surface area contributed by atoms with E-state index in [9.17, 15) is 5.11 Å². The number of hydrogen-bond acceptors (Lipinski definition) is 4. The number of aliphatic hydroxyl groups is 1. The molecule has 2 heterocycles. The van der Waals surface area contributed by atoms with Gasteiger partial charge in [-0.2, -0.15) is 0 Å². The predicted octanol–water partition coefficient (Wildman–Crippen LogP) is 2.06. The van der Waals surface area contributed by atoms with Gasteiger partial charge in [0.15, 0.2) is 11.5 Å². The minimum Gasteiger partial charge on any atom is -0.393 e. The van der Waals surface area contributed by atoms with Gasteiger partial charge in [-0.25, -0.2) is 9.97 Å². The maximum absolute atomic E-state index is 9.80. The zero-order valence-electron chi connectivity index (χ0n) is 9.88. The highest BCUT2D eigenvalue weighted by Gasteiger charge is 2.25. The lowest BCUT2D eigenvalue weighted by molar-refractivity contribution is 0.138. The van der Waals surface area contributed by atoms with Crippen LogP contribution in [-0.2, 0) is 0 Å². The van der Waals surface area contributed by atoms with Crippen molar-refractivity contribution in [2.24, 2.45) is 5.92 Å². The number of rotatable bonds is 3. The molecule has 0 amide bonds. The maximum atomic E-state index is 9.80. The molecule has 2 atom stereocenters. The second kappa shape index (κ2) is 4.85. The summed E-state index contributed by atoms with van der Waals surface area (Å²) in [5.41, 5.74) is 0.811. The van der Waals surface area contributed by atoms with Crippen LogP contribution in [0.15, 0.2) is 23.2 Å². The largest absolute Gasteiger partial charge is 0.393 e. The molecule has 2 aromatic heterocycles. The van der Waals surface area contributed by atoms with Crippen molar-refractivity contribution in [1.29, 1.82) is 0 Å². The second-order valence-electron chi connectivity index (χ2n) is 4.71. The molecule has 1 aliphatic rings. The van der Waals surface area contributed by atoms with Crippen LogP contribution in [0.5, 0.6) is 0 Å². The molecule has 2 N–H and O–H groups in total. The van der Waals surface area contributed by atoms with Gasteiger partial charge < -0.3 is 14.8 Å². The van der Waals surface area contributed by atoms with Gasteiger partial charge >= 0.3 is 0 Å². The van der Waals surface area contributed by atoms with Crippen LogP contribution >= 0.6 is 15.9 Å². The molecule has 5 nitrogen and oxygen atoms in total. The van der Waals surface area contributed by atoms with Crippen LogP contribution in [0.1, 0.15) is 19.3 Å². The average Bonchev–Trinajstić information content (AvgIpc) is 2.94. The Balaban J connectivity index is 1.79. The van der Waals surface area contributed by atoms with Crippen molar-refractivity contribution in [3.05, 3.63) is 23.2 Å². The molecule has 2 unspecified atom stereocenters. The highest BCUT2D eigenvalue weighted by molar-refractivity contribution is 9.10. The first-order valence-corrected chi connectivity index (χ1v) is 6.94. The number of hydrogen-bond donors (Lipinski definition) is 2. The SMILES string of the molecule is OC1CCCC1CNc1nc(Br)cn2ccnc12. The zero-order valence-corrected chi connectivity index (χ0v) is 11.5. The third-order valence-electron chi connectivity index (χ3n) is 3.50. The summed E-state index contributed by atoms with van der Waals surface area (Å²) >= 11 is 3.38. The number of nitrogens with zero attached hydrogens (tertiary/aromatic N) is 3. The highest BCUT2D eigenvalue weighted by atomic mass is 79.9. The molecule has 0 radical (unpaired) electrons. The van der Waals surface area contributed by atoms with E-state index in [2.05, 4.69) is 31.2 Å². The topological polar surface area (TPSA) is 62.5 Å². The van der Waals surface area contributed by atoms with E-state index < -0.39 is 0 Å². The summed E-state index contributed by atoms with van der Waals surface area (Å²) in [6, 6.07) is 0. The summed E-state index contributed by atoms with van der Waals surface area (Å²) in [6.07, 6.45) is 8.43. The summed E-state index contributed by atoms with van der Waals surface area (Å²) in [5.74, 6) is 1.08. The smallest absolute Gasteiger partial charge is 0.180 e. The molecule has 18 heavy (non-hydrogen) atoms. The number of nitrogens with one attached hydrogen (secondary N) is 1. The Kier molecular flexibility index (Phi) is 3.22. The van der Waals surface area contributed by atoms with Crippen molar-refractivity contribution in [3.8, 4) is 0 Å². The van der Waals surface area contributed by atoms with Crippen LogP contribution in [0.2, 0.25) is 0 Å². The van der Waals surface area contributed by atoms with Crippen molar-refractivity contribution in [1.82, 2.24) is 14.4 Å². The van der Waals surface area contributed by atoms with Crippen LogP contribution in [0, 0.1) is 5.92 Å². The van der Waals surface area contributed by atoms with Gasteiger partial charge in [0, 0.05) is 31.1 Å². The highest BCUT2D eigenvalue weighted by Crippen LogP contribution is 2.26. The van der Waals surface area contributed by atoms with Gasteiger partial charge in [-0.1, -0.05) is 6.42 Å². The lowest BCUT2D eigenvalue weighted by atomic mass is 10.1. The molecule has 3 rings (SSSR count). The number of halogens is 1. The van der Waals surface area contributed by atoms with Crippen LogP contribution in [0.4, 0.5) is 5.82 Å². The van der Waals surface area contributed by atoms with Crippen LogP contribution in [-0.4, -0.2) is 32.1 Å². The molecule has 0 saturated heterocycles. The first-order chi connectivity index (χ1) is 8.74. The monoisotopic (exact) mass is 310 g/mol. The van der Waals surface area contributed by atoms with Gasteiger partial charge in [-0.3, -0.25) is 0 Å². The van der Waals surface area contributed by atoms with E-state index in [0.29, 0.717) is 5.92 Å². The van der Waals surface area contributed by atoms with E-state index in [-0.39, 0.29) is 6.10 Å². The van der Waals surface area contributed by atoms with Crippen molar-refractivity contribution >= 4 is 27.4 Å². The van der Waals surface area contributed by atoms with Crippen LogP contribution in [0.3, 0.4) is 0 Å². The molecule has 1 saturated carbocycles. The predicted molar refractivity (Wildman–Crippen MR) is 72.5 cm³/mol.